The highest BCUT2D eigenvalue weighted by Gasteiger charge is 2.34. The van der Waals surface area contributed by atoms with Gasteiger partial charge in [0.15, 0.2) is 0 Å². The molecule has 0 spiro atoms. The van der Waals surface area contributed by atoms with Crippen molar-refractivity contribution in [1.29, 1.82) is 0 Å². The van der Waals surface area contributed by atoms with Crippen LogP contribution in [-0.2, 0) is 15.0 Å². The molecule has 3 aliphatic rings. The Labute approximate surface area is 139 Å². The average molecular weight is 344 g/mol. The van der Waals surface area contributed by atoms with Crippen molar-refractivity contribution in [2.75, 3.05) is 58.9 Å². The molecular formula is C15H28N4O3S. The van der Waals surface area contributed by atoms with Crippen LogP contribution >= 0.6 is 0 Å². The number of carbonyl (C=O) groups excluding carboxylic acids is 1. The highest BCUT2D eigenvalue weighted by atomic mass is 32.2. The van der Waals surface area contributed by atoms with Crippen molar-refractivity contribution in [3.63, 3.8) is 0 Å². The van der Waals surface area contributed by atoms with Gasteiger partial charge < -0.3 is 4.90 Å². The van der Waals surface area contributed by atoms with Gasteiger partial charge in [-0.2, -0.15) is 17.0 Å². The molecule has 1 amide bonds. The Bertz CT molecular complexity index is 505. The van der Waals surface area contributed by atoms with E-state index in [1.807, 2.05) is 4.90 Å². The van der Waals surface area contributed by atoms with Gasteiger partial charge in [0.2, 0.25) is 5.91 Å². The van der Waals surface area contributed by atoms with Crippen LogP contribution in [0.2, 0.25) is 0 Å². The maximum atomic E-state index is 12.5. The summed E-state index contributed by atoms with van der Waals surface area (Å²) in [5.41, 5.74) is 0. The number of nitrogens with zero attached hydrogens (tertiary/aromatic N) is 4. The molecule has 3 aliphatic heterocycles. The quantitative estimate of drug-likeness (QED) is 0.718. The van der Waals surface area contributed by atoms with Crippen LogP contribution in [0.4, 0.5) is 0 Å². The minimum atomic E-state index is -3.29. The lowest BCUT2D eigenvalue weighted by molar-refractivity contribution is -0.133. The van der Waals surface area contributed by atoms with Gasteiger partial charge in [-0.1, -0.05) is 0 Å². The highest BCUT2D eigenvalue weighted by molar-refractivity contribution is 7.86. The molecule has 3 fully saturated rings. The van der Waals surface area contributed by atoms with Crippen LogP contribution in [0.3, 0.4) is 0 Å². The van der Waals surface area contributed by atoms with E-state index in [9.17, 15) is 13.2 Å². The molecule has 0 aliphatic carbocycles. The van der Waals surface area contributed by atoms with Crippen molar-refractivity contribution in [3.8, 4) is 0 Å². The molecule has 0 saturated carbocycles. The fourth-order valence-electron chi connectivity index (χ4n) is 3.64. The fraction of sp³-hybridized carbons (Fsp3) is 0.933. The Morgan fingerprint density at radius 3 is 1.83 bits per heavy atom. The highest BCUT2D eigenvalue weighted by Crippen LogP contribution is 2.18. The Morgan fingerprint density at radius 1 is 0.696 bits per heavy atom. The van der Waals surface area contributed by atoms with Gasteiger partial charge in [-0.05, 0) is 32.1 Å². The monoisotopic (exact) mass is 344 g/mol. The second-order valence-electron chi connectivity index (χ2n) is 6.73. The van der Waals surface area contributed by atoms with E-state index < -0.39 is 10.2 Å². The van der Waals surface area contributed by atoms with E-state index in [1.165, 1.54) is 6.42 Å². The predicted octanol–water partition coefficient (Wildman–Crippen LogP) is -0.0429. The second-order valence-corrected chi connectivity index (χ2v) is 8.66. The Kier molecular flexibility index (Phi) is 5.56. The van der Waals surface area contributed by atoms with Crippen LogP contribution in [0.1, 0.15) is 32.1 Å². The Balaban J connectivity index is 1.47. The minimum absolute atomic E-state index is 0.195. The normalized spacial score (nSPS) is 25.8. The summed E-state index contributed by atoms with van der Waals surface area (Å²) >= 11 is 0. The summed E-state index contributed by atoms with van der Waals surface area (Å²) in [5, 5.41) is 0. The molecule has 0 N–H and O–H groups in total. The standard InChI is InChI=1S/C15H28N4O3S/c20-15(17-6-2-1-3-7-17)14-16-10-12-19(13-11-16)23(21,22)18-8-4-5-9-18/h1-14H2. The first kappa shape index (κ1) is 17.1. The largest absolute Gasteiger partial charge is 0.342 e. The van der Waals surface area contributed by atoms with E-state index >= 15 is 0 Å². The summed E-state index contributed by atoms with van der Waals surface area (Å²) in [7, 11) is -3.29. The third-order valence-corrected chi connectivity index (χ3v) is 7.15. The van der Waals surface area contributed by atoms with Crippen molar-refractivity contribution in [3.05, 3.63) is 0 Å². The number of amides is 1. The number of rotatable bonds is 4. The summed E-state index contributed by atoms with van der Waals surface area (Å²) in [5.74, 6) is 0.195. The van der Waals surface area contributed by atoms with Crippen molar-refractivity contribution in [1.82, 2.24) is 18.4 Å². The van der Waals surface area contributed by atoms with Crippen molar-refractivity contribution in [2.45, 2.75) is 32.1 Å². The summed E-state index contributed by atoms with van der Waals surface area (Å²) in [4.78, 5) is 16.3. The predicted molar refractivity (Wildman–Crippen MR) is 88.2 cm³/mol. The first-order valence-corrected chi connectivity index (χ1v) is 10.2. The molecule has 7 nitrogen and oxygen atoms in total. The molecule has 8 heteroatoms. The lowest BCUT2D eigenvalue weighted by Gasteiger charge is -2.36. The lowest BCUT2D eigenvalue weighted by atomic mass is 10.1. The first-order chi connectivity index (χ1) is 11.1. The zero-order chi connectivity index (χ0) is 16.3. The first-order valence-electron chi connectivity index (χ1n) is 8.83. The molecule has 0 aromatic carbocycles. The van der Waals surface area contributed by atoms with Gasteiger partial charge in [0.1, 0.15) is 0 Å². The smallest absolute Gasteiger partial charge is 0.282 e. The number of hydrogen-bond acceptors (Lipinski definition) is 4. The lowest BCUT2D eigenvalue weighted by Crippen LogP contribution is -2.54. The Morgan fingerprint density at radius 2 is 1.22 bits per heavy atom. The minimum Gasteiger partial charge on any atom is -0.342 e. The zero-order valence-corrected chi connectivity index (χ0v) is 14.6. The maximum absolute atomic E-state index is 12.5. The maximum Gasteiger partial charge on any atom is 0.282 e. The second kappa shape index (κ2) is 7.46. The van der Waals surface area contributed by atoms with E-state index in [4.69, 9.17) is 0 Å². The summed E-state index contributed by atoms with van der Waals surface area (Å²) in [6.45, 7) is 5.76. The van der Waals surface area contributed by atoms with Crippen LogP contribution in [-0.4, -0.2) is 91.6 Å². The van der Waals surface area contributed by atoms with E-state index in [0.29, 0.717) is 45.8 Å². The van der Waals surface area contributed by atoms with Crippen molar-refractivity contribution in [2.24, 2.45) is 0 Å². The molecule has 0 unspecified atom stereocenters. The molecular weight excluding hydrogens is 316 g/mol. The summed E-state index contributed by atoms with van der Waals surface area (Å²) in [6, 6.07) is 0. The van der Waals surface area contributed by atoms with Gasteiger partial charge in [0.25, 0.3) is 10.2 Å². The van der Waals surface area contributed by atoms with E-state index in [0.717, 1.165) is 38.8 Å². The molecule has 0 radical (unpaired) electrons. The van der Waals surface area contributed by atoms with Crippen LogP contribution in [0.15, 0.2) is 0 Å². The average Bonchev–Trinajstić information content (AvgIpc) is 3.11. The fourth-order valence-corrected chi connectivity index (χ4v) is 5.31. The van der Waals surface area contributed by atoms with E-state index in [1.54, 1.807) is 8.61 Å². The Hall–Kier alpha value is -0.700. The molecule has 0 aromatic rings. The van der Waals surface area contributed by atoms with Crippen LogP contribution < -0.4 is 0 Å². The molecule has 3 rings (SSSR count). The van der Waals surface area contributed by atoms with Crippen LogP contribution in [0.25, 0.3) is 0 Å². The molecule has 3 heterocycles. The van der Waals surface area contributed by atoms with Crippen molar-refractivity contribution < 1.29 is 13.2 Å². The number of hydrogen-bond donors (Lipinski definition) is 0. The van der Waals surface area contributed by atoms with Gasteiger partial charge >= 0.3 is 0 Å². The molecule has 0 atom stereocenters. The number of piperazine rings is 1. The van der Waals surface area contributed by atoms with Crippen molar-refractivity contribution >= 4 is 16.1 Å². The molecule has 0 aromatic heterocycles. The molecule has 132 valence electrons. The molecule has 23 heavy (non-hydrogen) atoms. The molecule has 3 saturated heterocycles. The number of likely N-dealkylation sites (tertiary alicyclic amines) is 1. The van der Waals surface area contributed by atoms with E-state index in [-0.39, 0.29) is 5.91 Å². The summed E-state index contributed by atoms with van der Waals surface area (Å²) < 4.78 is 28.2. The third kappa shape index (κ3) is 4.04. The summed E-state index contributed by atoms with van der Waals surface area (Å²) in [6.07, 6.45) is 5.35. The van der Waals surface area contributed by atoms with Gasteiger partial charge in [0, 0.05) is 52.4 Å². The number of piperidine rings is 1. The van der Waals surface area contributed by atoms with Gasteiger partial charge in [-0.15, -0.1) is 0 Å². The van der Waals surface area contributed by atoms with Crippen LogP contribution in [0.5, 0.6) is 0 Å². The molecule has 0 bridgehead atoms. The van der Waals surface area contributed by atoms with E-state index in [2.05, 4.69) is 4.90 Å². The van der Waals surface area contributed by atoms with Gasteiger partial charge in [-0.25, -0.2) is 0 Å². The number of carbonyl (C=O) groups is 1. The topological polar surface area (TPSA) is 64.2 Å². The zero-order valence-electron chi connectivity index (χ0n) is 13.8. The third-order valence-electron chi connectivity index (χ3n) is 5.12. The van der Waals surface area contributed by atoms with Crippen LogP contribution in [0, 0.1) is 0 Å². The SMILES string of the molecule is O=C(CN1CCN(S(=O)(=O)N2CCCC2)CC1)N1CCCCC1. The van der Waals surface area contributed by atoms with Gasteiger partial charge in [-0.3, -0.25) is 9.69 Å². The van der Waals surface area contributed by atoms with Gasteiger partial charge in [0.05, 0.1) is 6.54 Å².